The van der Waals surface area contributed by atoms with Crippen LogP contribution >= 0.6 is 34.0 Å². The maximum absolute atomic E-state index is 5.96. The van der Waals surface area contributed by atoms with Crippen LogP contribution in [0.2, 0.25) is 0 Å². The molecule has 6 heterocycles. The molecule has 0 spiro atoms. The first-order chi connectivity index (χ1) is 22.8. The van der Waals surface area contributed by atoms with E-state index in [1.54, 1.807) is 34.0 Å². The zero-order valence-electron chi connectivity index (χ0n) is 24.5. The Kier molecular flexibility index (Phi) is 6.98. The van der Waals surface area contributed by atoms with Crippen molar-refractivity contribution in [2.24, 2.45) is 0 Å². The molecule has 0 fully saturated rings. The van der Waals surface area contributed by atoms with Crippen LogP contribution < -0.4 is 33.3 Å². The SMILES string of the molecule is c1cc(N(c2ccc(-c3scc4c3OCCO4)cc2)c2ccc(-c3scc4c3OCCO4)cc2)ccc1-c1scc2c1OCCO2. The highest BCUT2D eigenvalue weighted by Crippen LogP contribution is 2.49. The Bertz CT molecular complexity index is 1780. The summed E-state index contributed by atoms with van der Waals surface area (Å²) >= 11 is 4.94. The van der Waals surface area contributed by atoms with Gasteiger partial charge in [-0.3, -0.25) is 0 Å². The van der Waals surface area contributed by atoms with Gasteiger partial charge in [-0.2, -0.15) is 0 Å². The molecule has 0 bridgehead atoms. The van der Waals surface area contributed by atoms with Crippen LogP contribution in [0.25, 0.3) is 31.3 Å². The first kappa shape index (κ1) is 27.7. The lowest BCUT2D eigenvalue weighted by molar-refractivity contribution is 0.174. The number of rotatable bonds is 6. The second-order valence-corrected chi connectivity index (χ2v) is 13.5. The van der Waals surface area contributed by atoms with Crippen molar-refractivity contribution in [2.75, 3.05) is 44.5 Å². The number of nitrogens with zero attached hydrogens (tertiary/aromatic N) is 1. The molecule has 0 radical (unpaired) electrons. The van der Waals surface area contributed by atoms with E-state index in [1.165, 1.54) is 0 Å². The quantitative estimate of drug-likeness (QED) is 0.176. The van der Waals surface area contributed by atoms with E-state index < -0.39 is 0 Å². The van der Waals surface area contributed by atoms with E-state index in [0.717, 1.165) is 82.9 Å². The van der Waals surface area contributed by atoms with Crippen molar-refractivity contribution in [3.8, 4) is 65.8 Å². The number of fused-ring (bicyclic) bond motifs is 3. The van der Waals surface area contributed by atoms with E-state index in [-0.39, 0.29) is 0 Å². The zero-order chi connectivity index (χ0) is 30.5. The molecule has 0 amide bonds. The number of benzene rings is 3. The summed E-state index contributed by atoms with van der Waals surface area (Å²) in [6, 6.07) is 25.9. The first-order valence-corrected chi connectivity index (χ1v) is 17.7. The Balaban J connectivity index is 1.08. The van der Waals surface area contributed by atoms with E-state index in [4.69, 9.17) is 28.4 Å². The molecule has 0 atom stereocenters. The van der Waals surface area contributed by atoms with Gasteiger partial charge in [-0.1, -0.05) is 36.4 Å². The summed E-state index contributed by atoms with van der Waals surface area (Å²) in [5.74, 6) is 4.98. The predicted molar refractivity (Wildman–Crippen MR) is 184 cm³/mol. The smallest absolute Gasteiger partial charge is 0.179 e. The Morgan fingerprint density at radius 2 is 0.652 bits per heavy atom. The summed E-state index contributed by atoms with van der Waals surface area (Å²) in [4.78, 5) is 5.51. The molecule has 0 aliphatic carbocycles. The molecule has 0 saturated heterocycles. The second-order valence-electron chi connectivity index (χ2n) is 10.8. The fraction of sp³-hybridized carbons (Fsp3) is 0.167. The van der Waals surface area contributed by atoms with Crippen molar-refractivity contribution >= 4 is 51.1 Å². The van der Waals surface area contributed by atoms with Gasteiger partial charge in [0.2, 0.25) is 0 Å². The van der Waals surface area contributed by atoms with Crippen LogP contribution in [0.3, 0.4) is 0 Å². The Morgan fingerprint density at radius 1 is 0.370 bits per heavy atom. The van der Waals surface area contributed by atoms with Crippen LogP contribution in [-0.2, 0) is 0 Å². The van der Waals surface area contributed by atoms with Gasteiger partial charge in [-0.25, -0.2) is 0 Å². The summed E-state index contributed by atoms with van der Waals surface area (Å²) < 4.78 is 35.2. The number of hydrogen-bond acceptors (Lipinski definition) is 10. The van der Waals surface area contributed by atoms with E-state index in [9.17, 15) is 0 Å². The van der Waals surface area contributed by atoms with Crippen molar-refractivity contribution in [3.63, 3.8) is 0 Å². The topological polar surface area (TPSA) is 58.6 Å². The molecule has 6 aromatic rings. The van der Waals surface area contributed by atoms with Gasteiger partial charge >= 0.3 is 0 Å². The van der Waals surface area contributed by atoms with Crippen molar-refractivity contribution in [2.45, 2.75) is 0 Å². The third-order valence-corrected chi connectivity index (χ3v) is 11.0. The normalized spacial score (nSPS) is 14.6. The Morgan fingerprint density at radius 3 is 0.957 bits per heavy atom. The van der Waals surface area contributed by atoms with Gasteiger partial charge in [0.25, 0.3) is 0 Å². The van der Waals surface area contributed by atoms with Crippen molar-refractivity contribution in [1.29, 1.82) is 0 Å². The molecule has 0 saturated carbocycles. The average molecular weight is 666 g/mol. The van der Waals surface area contributed by atoms with Crippen molar-refractivity contribution in [3.05, 3.63) is 88.9 Å². The van der Waals surface area contributed by atoms with Gasteiger partial charge in [0.15, 0.2) is 34.5 Å². The second kappa shape index (κ2) is 11.6. The number of thiophene rings is 3. The molecule has 46 heavy (non-hydrogen) atoms. The molecule has 9 rings (SSSR count). The maximum atomic E-state index is 5.96. The zero-order valence-corrected chi connectivity index (χ0v) is 27.0. The highest BCUT2D eigenvalue weighted by Gasteiger charge is 2.23. The lowest BCUT2D eigenvalue weighted by Gasteiger charge is -2.26. The minimum atomic E-state index is 0.565. The molecule has 3 aliphatic rings. The standard InChI is InChI=1S/C36H27NO6S3/c1-7-25(8-2-22(1)34-31-28(19-44-34)38-13-16-41-31)37(26-9-3-23(4-10-26)35-32-29(20-45-35)39-14-17-42-32)27-11-5-24(6-12-27)36-33-30(21-46-36)40-15-18-43-33/h1-12,19-21H,13-18H2. The van der Waals surface area contributed by atoms with Crippen LogP contribution in [0.4, 0.5) is 17.1 Å². The summed E-state index contributed by atoms with van der Waals surface area (Å²) in [7, 11) is 0. The molecular weight excluding hydrogens is 639 g/mol. The number of anilines is 3. The van der Waals surface area contributed by atoms with E-state index in [2.05, 4.69) is 77.7 Å². The summed E-state index contributed by atoms with van der Waals surface area (Å²) in [5.41, 5.74) is 6.42. The van der Waals surface area contributed by atoms with E-state index in [0.29, 0.717) is 39.6 Å². The fourth-order valence-corrected chi connectivity index (χ4v) is 8.74. The van der Waals surface area contributed by atoms with Crippen LogP contribution in [0.15, 0.2) is 88.9 Å². The minimum absolute atomic E-state index is 0.565. The number of hydrogen-bond donors (Lipinski definition) is 0. The lowest BCUT2D eigenvalue weighted by Crippen LogP contribution is -2.14. The third kappa shape index (κ3) is 4.84. The highest BCUT2D eigenvalue weighted by atomic mass is 32.1. The molecule has 3 aromatic heterocycles. The Hall–Kier alpha value is -4.64. The van der Waals surface area contributed by atoms with Gasteiger partial charge in [0.1, 0.15) is 39.6 Å². The first-order valence-electron chi connectivity index (χ1n) is 15.0. The molecule has 3 aromatic carbocycles. The van der Waals surface area contributed by atoms with Gasteiger partial charge in [-0.05, 0) is 53.1 Å². The average Bonchev–Trinajstić information content (AvgIpc) is 3.87. The molecule has 0 unspecified atom stereocenters. The van der Waals surface area contributed by atoms with Crippen LogP contribution in [0, 0.1) is 0 Å². The minimum Gasteiger partial charge on any atom is -0.485 e. The van der Waals surface area contributed by atoms with Gasteiger partial charge in [0, 0.05) is 33.2 Å². The molecule has 7 nitrogen and oxygen atoms in total. The van der Waals surface area contributed by atoms with Gasteiger partial charge < -0.3 is 33.3 Å². The van der Waals surface area contributed by atoms with Crippen LogP contribution in [-0.4, -0.2) is 39.6 Å². The monoisotopic (exact) mass is 665 g/mol. The summed E-state index contributed by atoms with van der Waals surface area (Å²) in [6.07, 6.45) is 0. The van der Waals surface area contributed by atoms with E-state index >= 15 is 0 Å². The summed E-state index contributed by atoms with van der Waals surface area (Å²) in [5, 5.41) is 6.07. The van der Waals surface area contributed by atoms with Crippen LogP contribution in [0.5, 0.6) is 34.5 Å². The van der Waals surface area contributed by atoms with Crippen molar-refractivity contribution in [1.82, 2.24) is 0 Å². The maximum Gasteiger partial charge on any atom is 0.179 e. The fourth-order valence-electron chi connectivity index (χ4n) is 5.92. The molecule has 230 valence electrons. The summed E-state index contributed by atoms with van der Waals surface area (Å²) in [6.45, 7) is 3.45. The van der Waals surface area contributed by atoms with E-state index in [1.807, 2.05) is 16.1 Å². The van der Waals surface area contributed by atoms with Gasteiger partial charge in [0.05, 0.1) is 14.6 Å². The molecule has 3 aliphatic heterocycles. The lowest BCUT2D eigenvalue weighted by atomic mass is 10.1. The molecule has 0 N–H and O–H groups in total. The van der Waals surface area contributed by atoms with Crippen LogP contribution in [0.1, 0.15) is 0 Å². The molecular formula is C36H27NO6S3. The largest absolute Gasteiger partial charge is 0.485 e. The third-order valence-electron chi connectivity index (χ3n) is 8.07. The van der Waals surface area contributed by atoms with Gasteiger partial charge in [-0.15, -0.1) is 34.0 Å². The van der Waals surface area contributed by atoms with Crippen molar-refractivity contribution < 1.29 is 28.4 Å². The molecule has 10 heteroatoms. The Labute approximate surface area is 277 Å². The number of ether oxygens (including phenoxy) is 6. The predicted octanol–water partition coefficient (Wildman–Crippen LogP) is 9.66. The highest BCUT2D eigenvalue weighted by molar-refractivity contribution is 7.15.